The molecule has 1 aromatic carbocycles. The van der Waals surface area contributed by atoms with Crippen LogP contribution in [0.4, 0.5) is 0 Å². The van der Waals surface area contributed by atoms with Crippen LogP contribution in [-0.4, -0.2) is 59.6 Å². The topological polar surface area (TPSA) is 74.7 Å². The molecule has 1 atom stereocenters. The molecule has 2 aromatic rings. The molecule has 148 valence electrons. The third-order valence-corrected chi connectivity index (χ3v) is 5.76. The van der Waals surface area contributed by atoms with Gasteiger partial charge < -0.3 is 14.8 Å². The van der Waals surface area contributed by atoms with Crippen LogP contribution >= 0.6 is 0 Å². The van der Waals surface area contributed by atoms with Gasteiger partial charge in [0, 0.05) is 16.8 Å². The van der Waals surface area contributed by atoms with Gasteiger partial charge in [0.25, 0.3) is 5.91 Å². The van der Waals surface area contributed by atoms with Crippen LogP contribution in [0.3, 0.4) is 0 Å². The summed E-state index contributed by atoms with van der Waals surface area (Å²) in [6, 6.07) is 9.06. The highest BCUT2D eigenvalue weighted by Gasteiger charge is 2.33. The van der Waals surface area contributed by atoms with E-state index < -0.39 is 0 Å². The zero-order valence-electron chi connectivity index (χ0n) is 17.0. The van der Waals surface area contributed by atoms with Crippen molar-refractivity contribution in [3.05, 3.63) is 58.4 Å². The Bertz CT molecular complexity index is 893. The van der Waals surface area contributed by atoms with E-state index in [0.29, 0.717) is 29.9 Å². The molecule has 0 aliphatic carbocycles. The first-order valence-electron chi connectivity index (χ1n) is 9.74. The first-order valence-corrected chi connectivity index (χ1v) is 9.74. The van der Waals surface area contributed by atoms with Crippen LogP contribution in [0.15, 0.2) is 30.3 Å². The molecule has 6 nitrogen and oxygen atoms in total. The number of nitrogens with zero attached hydrogens (tertiary/aromatic N) is 1. The van der Waals surface area contributed by atoms with Gasteiger partial charge in [-0.2, -0.15) is 0 Å². The first-order chi connectivity index (χ1) is 13.3. The maximum absolute atomic E-state index is 13.0. The predicted molar refractivity (Wildman–Crippen MR) is 107 cm³/mol. The fourth-order valence-electron chi connectivity index (χ4n) is 4.12. The standard InChI is InChI=1S/C22H27N3O3/c1-14-19(17(4)26)15(2)23-20(14)21(27)16(3)24-10-12-25(13-11-24)22(28)18-8-6-5-7-9-18/h5-9,16,23H,10-13H2,1-4H3/p+1/t16-/m1/s1. The first kappa shape index (κ1) is 20.0. The average Bonchev–Trinajstić information content (AvgIpc) is 3.01. The van der Waals surface area contributed by atoms with Crippen molar-refractivity contribution in [2.24, 2.45) is 0 Å². The summed E-state index contributed by atoms with van der Waals surface area (Å²) in [6.07, 6.45) is 0. The van der Waals surface area contributed by atoms with Crippen molar-refractivity contribution in [2.45, 2.75) is 33.7 Å². The van der Waals surface area contributed by atoms with Gasteiger partial charge >= 0.3 is 0 Å². The predicted octanol–water partition coefficient (Wildman–Crippen LogP) is 1.45. The van der Waals surface area contributed by atoms with Gasteiger partial charge in [-0.3, -0.25) is 14.4 Å². The second kappa shape index (κ2) is 8.10. The number of benzene rings is 1. The zero-order chi connectivity index (χ0) is 20.4. The quantitative estimate of drug-likeness (QED) is 0.769. The van der Waals surface area contributed by atoms with E-state index in [9.17, 15) is 14.4 Å². The van der Waals surface area contributed by atoms with Crippen LogP contribution in [0.2, 0.25) is 0 Å². The molecule has 0 radical (unpaired) electrons. The van der Waals surface area contributed by atoms with Crippen molar-refractivity contribution in [1.82, 2.24) is 9.88 Å². The number of H-pyrrole nitrogens is 1. The summed E-state index contributed by atoms with van der Waals surface area (Å²) >= 11 is 0. The van der Waals surface area contributed by atoms with Crippen molar-refractivity contribution in [3.63, 3.8) is 0 Å². The summed E-state index contributed by atoms with van der Waals surface area (Å²) in [5.74, 6) is 0.0323. The molecule has 28 heavy (non-hydrogen) atoms. The Morgan fingerprint density at radius 1 is 1.07 bits per heavy atom. The Morgan fingerprint density at radius 3 is 2.21 bits per heavy atom. The molecule has 0 unspecified atom stereocenters. The van der Waals surface area contributed by atoms with Crippen molar-refractivity contribution >= 4 is 17.5 Å². The number of hydrogen-bond acceptors (Lipinski definition) is 3. The summed E-state index contributed by atoms with van der Waals surface area (Å²) in [5, 5.41) is 0. The Hall–Kier alpha value is -2.73. The maximum atomic E-state index is 13.0. The number of carbonyl (C=O) groups excluding carboxylic acids is 3. The van der Waals surface area contributed by atoms with Gasteiger partial charge in [-0.15, -0.1) is 0 Å². The van der Waals surface area contributed by atoms with E-state index in [1.807, 2.05) is 56.0 Å². The molecule has 0 bridgehead atoms. The highest BCUT2D eigenvalue weighted by atomic mass is 16.2. The number of piperazine rings is 1. The van der Waals surface area contributed by atoms with Crippen LogP contribution in [0.25, 0.3) is 0 Å². The lowest BCUT2D eigenvalue weighted by molar-refractivity contribution is -0.917. The molecular formula is C22H28N3O3+. The lowest BCUT2D eigenvalue weighted by Crippen LogP contribution is -3.18. The number of nitrogens with one attached hydrogen (secondary N) is 2. The Kier molecular flexibility index (Phi) is 5.79. The lowest BCUT2D eigenvalue weighted by Gasteiger charge is -2.34. The van der Waals surface area contributed by atoms with Crippen LogP contribution in [0.1, 0.15) is 56.3 Å². The minimum Gasteiger partial charge on any atom is -0.355 e. The fraction of sp³-hybridized carbons (Fsp3) is 0.409. The van der Waals surface area contributed by atoms with E-state index in [2.05, 4.69) is 4.98 Å². The number of Topliss-reactive ketones (excluding diaryl/α,β-unsaturated/α-hetero) is 2. The minimum absolute atomic E-state index is 0.0194. The molecule has 1 aromatic heterocycles. The van der Waals surface area contributed by atoms with Crippen LogP contribution in [-0.2, 0) is 0 Å². The highest BCUT2D eigenvalue weighted by Crippen LogP contribution is 2.19. The Balaban J connectivity index is 1.66. The molecule has 0 spiro atoms. The van der Waals surface area contributed by atoms with E-state index in [1.165, 1.54) is 6.92 Å². The minimum atomic E-state index is -0.231. The van der Waals surface area contributed by atoms with Gasteiger partial charge in [0.05, 0.1) is 31.9 Å². The zero-order valence-corrected chi connectivity index (χ0v) is 17.0. The largest absolute Gasteiger partial charge is 0.355 e. The smallest absolute Gasteiger partial charge is 0.254 e. The van der Waals surface area contributed by atoms with Gasteiger partial charge in [-0.05, 0) is 45.4 Å². The third-order valence-electron chi connectivity index (χ3n) is 5.76. The van der Waals surface area contributed by atoms with E-state index in [1.54, 1.807) is 0 Å². The van der Waals surface area contributed by atoms with Crippen molar-refractivity contribution < 1.29 is 19.3 Å². The molecule has 1 saturated heterocycles. The Labute approximate surface area is 165 Å². The molecular weight excluding hydrogens is 354 g/mol. The van der Waals surface area contributed by atoms with Gasteiger partial charge in [-0.25, -0.2) is 0 Å². The second-order valence-corrected chi connectivity index (χ2v) is 7.58. The molecule has 2 heterocycles. The maximum Gasteiger partial charge on any atom is 0.254 e. The third kappa shape index (κ3) is 3.78. The average molecular weight is 382 g/mol. The second-order valence-electron chi connectivity index (χ2n) is 7.58. The van der Waals surface area contributed by atoms with Gasteiger partial charge in [0.1, 0.15) is 0 Å². The van der Waals surface area contributed by atoms with E-state index >= 15 is 0 Å². The van der Waals surface area contributed by atoms with Crippen LogP contribution in [0.5, 0.6) is 0 Å². The number of aromatic nitrogens is 1. The van der Waals surface area contributed by atoms with Crippen LogP contribution in [0, 0.1) is 13.8 Å². The lowest BCUT2D eigenvalue weighted by atomic mass is 10.0. The summed E-state index contributed by atoms with van der Waals surface area (Å²) in [6.45, 7) is 9.81. The number of carbonyl (C=O) groups is 3. The van der Waals surface area contributed by atoms with Crippen molar-refractivity contribution in [2.75, 3.05) is 26.2 Å². The van der Waals surface area contributed by atoms with Crippen molar-refractivity contribution in [1.29, 1.82) is 0 Å². The summed E-state index contributed by atoms with van der Waals surface area (Å²) in [7, 11) is 0. The molecule has 6 heteroatoms. The van der Waals surface area contributed by atoms with E-state index in [-0.39, 0.29) is 23.5 Å². The highest BCUT2D eigenvalue weighted by molar-refractivity contribution is 6.04. The molecule has 1 aliphatic rings. The number of aryl methyl sites for hydroxylation is 1. The SMILES string of the molecule is CC(=O)c1c(C)[nH]c(C(=O)[C@@H](C)[NH+]2CCN(C(=O)c3ccccc3)CC2)c1C. The number of hydrogen-bond donors (Lipinski definition) is 2. The number of rotatable bonds is 5. The summed E-state index contributed by atoms with van der Waals surface area (Å²) < 4.78 is 0. The molecule has 3 rings (SSSR count). The molecule has 0 saturated carbocycles. The van der Waals surface area contributed by atoms with Gasteiger partial charge in [0.15, 0.2) is 11.8 Å². The van der Waals surface area contributed by atoms with Gasteiger partial charge in [-0.1, -0.05) is 18.2 Å². The summed E-state index contributed by atoms with van der Waals surface area (Å²) in [4.78, 5) is 43.6. The fourth-order valence-corrected chi connectivity index (χ4v) is 4.12. The number of quaternary nitrogens is 1. The monoisotopic (exact) mass is 382 g/mol. The van der Waals surface area contributed by atoms with Crippen molar-refractivity contribution in [3.8, 4) is 0 Å². The number of aromatic amines is 1. The number of ketones is 2. The molecule has 1 fully saturated rings. The number of amides is 1. The van der Waals surface area contributed by atoms with Crippen LogP contribution < -0.4 is 4.90 Å². The van der Waals surface area contributed by atoms with E-state index in [4.69, 9.17) is 0 Å². The Morgan fingerprint density at radius 2 is 1.68 bits per heavy atom. The van der Waals surface area contributed by atoms with E-state index in [0.717, 1.165) is 29.2 Å². The molecule has 1 aliphatic heterocycles. The summed E-state index contributed by atoms with van der Waals surface area (Å²) in [5.41, 5.74) is 3.33. The normalized spacial score (nSPS) is 16.1. The molecule has 2 N–H and O–H groups in total. The molecule has 1 amide bonds. The van der Waals surface area contributed by atoms with Gasteiger partial charge in [0.2, 0.25) is 5.78 Å².